The molecule has 30 heavy (non-hydrogen) atoms. The van der Waals surface area contributed by atoms with Crippen LogP contribution in [0.1, 0.15) is 55.1 Å². The fourth-order valence-corrected chi connectivity index (χ4v) is 3.54. The third-order valence-electron chi connectivity index (χ3n) is 5.32. The Morgan fingerprint density at radius 2 is 1.57 bits per heavy atom. The summed E-state index contributed by atoms with van der Waals surface area (Å²) in [5, 5.41) is 0. The number of para-hydroxylation sites is 1. The summed E-state index contributed by atoms with van der Waals surface area (Å²) in [5.41, 5.74) is 3.14. The smallest absolute Gasteiger partial charge is 0.338 e. The topological polar surface area (TPSA) is 35.5 Å². The number of rotatable bonds is 9. The molecule has 0 unspecified atom stereocenters. The van der Waals surface area contributed by atoms with E-state index in [1.807, 2.05) is 73.7 Å². The molecule has 3 aromatic carbocycles. The van der Waals surface area contributed by atoms with E-state index in [1.165, 1.54) is 11.1 Å². The third kappa shape index (κ3) is 5.96. The van der Waals surface area contributed by atoms with Gasteiger partial charge in [-0.05, 0) is 79.1 Å². The summed E-state index contributed by atoms with van der Waals surface area (Å²) in [6.45, 7) is 6.71. The second-order valence-corrected chi connectivity index (χ2v) is 8.10. The zero-order valence-corrected chi connectivity index (χ0v) is 18.1. The third-order valence-corrected chi connectivity index (χ3v) is 5.32. The lowest BCUT2D eigenvalue weighted by Crippen LogP contribution is -2.17. The van der Waals surface area contributed by atoms with Crippen LogP contribution in [-0.4, -0.2) is 12.6 Å². The minimum absolute atomic E-state index is 0.0331. The van der Waals surface area contributed by atoms with Gasteiger partial charge in [0.1, 0.15) is 11.5 Å². The highest BCUT2D eigenvalue weighted by molar-refractivity contribution is 5.89. The highest BCUT2D eigenvalue weighted by Gasteiger charge is 2.20. The fourth-order valence-electron chi connectivity index (χ4n) is 3.54. The van der Waals surface area contributed by atoms with E-state index in [-0.39, 0.29) is 11.4 Å². The Kier molecular flexibility index (Phi) is 7.29. The Labute approximate surface area is 179 Å². The van der Waals surface area contributed by atoms with E-state index in [4.69, 9.17) is 9.47 Å². The molecule has 0 aliphatic rings. The van der Waals surface area contributed by atoms with Gasteiger partial charge in [-0.1, -0.05) is 56.3 Å². The zero-order chi connectivity index (χ0) is 21.4. The minimum Gasteiger partial charge on any atom is -0.462 e. The molecule has 3 nitrogen and oxygen atoms in total. The average molecular weight is 403 g/mol. The number of carbonyl (C=O) groups excluding carboxylic acids is 1. The normalized spacial score (nSPS) is 11.2. The molecule has 0 aliphatic heterocycles. The predicted octanol–water partition coefficient (Wildman–Crippen LogP) is 6.96. The minimum atomic E-state index is -0.264. The molecule has 0 atom stereocenters. The molecule has 0 fully saturated rings. The quantitative estimate of drug-likeness (QED) is 0.363. The summed E-state index contributed by atoms with van der Waals surface area (Å²) in [6, 6.07) is 26.0. The van der Waals surface area contributed by atoms with E-state index >= 15 is 0 Å². The van der Waals surface area contributed by atoms with Crippen molar-refractivity contribution >= 4 is 5.97 Å². The maximum Gasteiger partial charge on any atom is 0.338 e. The lowest BCUT2D eigenvalue weighted by Gasteiger charge is -2.25. The molecule has 0 amide bonds. The molecule has 0 aliphatic carbocycles. The summed E-state index contributed by atoms with van der Waals surface area (Å²) >= 11 is 0. The van der Waals surface area contributed by atoms with Crippen molar-refractivity contribution in [2.24, 2.45) is 0 Å². The van der Waals surface area contributed by atoms with E-state index in [0.29, 0.717) is 12.2 Å². The first-order valence-corrected chi connectivity index (χ1v) is 10.6. The van der Waals surface area contributed by atoms with Crippen molar-refractivity contribution in [3.8, 4) is 11.5 Å². The molecule has 3 rings (SSSR count). The van der Waals surface area contributed by atoms with Crippen LogP contribution in [0.3, 0.4) is 0 Å². The van der Waals surface area contributed by atoms with E-state index in [2.05, 4.69) is 26.0 Å². The van der Waals surface area contributed by atoms with Crippen LogP contribution in [0, 0.1) is 0 Å². The van der Waals surface area contributed by atoms with Crippen molar-refractivity contribution in [1.82, 2.24) is 0 Å². The van der Waals surface area contributed by atoms with Gasteiger partial charge in [-0.3, -0.25) is 0 Å². The molecule has 0 spiro atoms. The average Bonchev–Trinajstić information content (AvgIpc) is 2.75. The number of benzene rings is 3. The van der Waals surface area contributed by atoms with Crippen molar-refractivity contribution in [3.63, 3.8) is 0 Å². The largest absolute Gasteiger partial charge is 0.462 e. The first kappa shape index (κ1) is 21.6. The highest BCUT2D eigenvalue weighted by atomic mass is 16.5. The Morgan fingerprint density at radius 1 is 0.867 bits per heavy atom. The molecule has 3 heteroatoms. The van der Waals surface area contributed by atoms with Crippen molar-refractivity contribution < 1.29 is 14.3 Å². The standard InChI is InChI=1S/C27H30O3/c1-4-29-26(28)22-15-17-23(18-16-22)27(2,3)19-9-11-21-10-8-14-25(20-21)30-24-12-6-5-7-13-24/h5-8,10,12-18,20H,4,9,11,19H2,1-3H3. The molecule has 0 bridgehead atoms. The molecule has 0 radical (unpaired) electrons. The van der Waals surface area contributed by atoms with Gasteiger partial charge >= 0.3 is 5.97 Å². The van der Waals surface area contributed by atoms with E-state index in [9.17, 15) is 4.79 Å². The molecule has 0 N–H and O–H groups in total. The Morgan fingerprint density at radius 3 is 2.27 bits per heavy atom. The van der Waals surface area contributed by atoms with Gasteiger partial charge in [0.05, 0.1) is 12.2 Å². The second kappa shape index (κ2) is 10.1. The first-order valence-electron chi connectivity index (χ1n) is 10.6. The van der Waals surface area contributed by atoms with Crippen LogP contribution < -0.4 is 4.74 Å². The van der Waals surface area contributed by atoms with Gasteiger partial charge in [-0.15, -0.1) is 0 Å². The number of carbonyl (C=O) groups is 1. The van der Waals surface area contributed by atoms with E-state index in [0.717, 1.165) is 30.8 Å². The number of aryl methyl sites for hydroxylation is 1. The van der Waals surface area contributed by atoms with Gasteiger partial charge in [0, 0.05) is 0 Å². The van der Waals surface area contributed by atoms with Gasteiger partial charge < -0.3 is 9.47 Å². The Bertz CT molecular complexity index is 943. The maximum atomic E-state index is 11.8. The molecule has 156 valence electrons. The van der Waals surface area contributed by atoms with Crippen molar-refractivity contribution in [2.75, 3.05) is 6.61 Å². The number of ether oxygens (including phenoxy) is 2. The summed E-state index contributed by atoms with van der Waals surface area (Å²) < 4.78 is 11.0. The van der Waals surface area contributed by atoms with Gasteiger partial charge in [-0.25, -0.2) is 4.79 Å². The lowest BCUT2D eigenvalue weighted by molar-refractivity contribution is 0.0526. The lowest BCUT2D eigenvalue weighted by atomic mass is 9.79. The summed E-state index contributed by atoms with van der Waals surface area (Å²) in [6.07, 6.45) is 3.12. The van der Waals surface area contributed by atoms with Gasteiger partial charge in [0.15, 0.2) is 0 Å². The van der Waals surface area contributed by atoms with Crippen LogP contribution in [0.5, 0.6) is 11.5 Å². The number of esters is 1. The fraction of sp³-hybridized carbons (Fsp3) is 0.296. The zero-order valence-electron chi connectivity index (χ0n) is 18.1. The molecule has 0 saturated heterocycles. The van der Waals surface area contributed by atoms with Gasteiger partial charge in [-0.2, -0.15) is 0 Å². The summed E-state index contributed by atoms with van der Waals surface area (Å²) in [7, 11) is 0. The monoisotopic (exact) mass is 402 g/mol. The van der Waals surface area contributed by atoms with Crippen molar-refractivity contribution in [3.05, 3.63) is 95.6 Å². The van der Waals surface area contributed by atoms with Crippen LogP contribution in [-0.2, 0) is 16.6 Å². The van der Waals surface area contributed by atoms with E-state index in [1.54, 1.807) is 0 Å². The van der Waals surface area contributed by atoms with Crippen molar-refractivity contribution in [2.45, 2.75) is 45.4 Å². The van der Waals surface area contributed by atoms with Crippen LogP contribution in [0.15, 0.2) is 78.9 Å². The molecular weight excluding hydrogens is 372 g/mol. The Balaban J connectivity index is 1.56. The molecule has 0 aromatic heterocycles. The summed E-state index contributed by atoms with van der Waals surface area (Å²) in [4.78, 5) is 11.8. The SMILES string of the molecule is CCOC(=O)c1ccc(C(C)(C)CCCc2cccc(Oc3ccccc3)c2)cc1. The van der Waals surface area contributed by atoms with Crippen LogP contribution in [0.25, 0.3) is 0 Å². The van der Waals surface area contributed by atoms with E-state index < -0.39 is 0 Å². The van der Waals surface area contributed by atoms with Gasteiger partial charge in [0.25, 0.3) is 0 Å². The van der Waals surface area contributed by atoms with Crippen LogP contribution >= 0.6 is 0 Å². The highest BCUT2D eigenvalue weighted by Crippen LogP contribution is 2.30. The summed E-state index contributed by atoms with van der Waals surface area (Å²) in [5.74, 6) is 1.45. The molecule has 0 saturated carbocycles. The number of hydrogen-bond acceptors (Lipinski definition) is 3. The molecule has 3 aromatic rings. The maximum absolute atomic E-state index is 11.8. The van der Waals surface area contributed by atoms with Gasteiger partial charge in [0.2, 0.25) is 0 Å². The Hall–Kier alpha value is -3.07. The number of hydrogen-bond donors (Lipinski definition) is 0. The predicted molar refractivity (Wildman–Crippen MR) is 121 cm³/mol. The van der Waals surface area contributed by atoms with Crippen LogP contribution in [0.4, 0.5) is 0 Å². The van der Waals surface area contributed by atoms with Crippen LogP contribution in [0.2, 0.25) is 0 Å². The second-order valence-electron chi connectivity index (χ2n) is 8.10. The van der Waals surface area contributed by atoms with Crippen molar-refractivity contribution in [1.29, 1.82) is 0 Å². The molecular formula is C27H30O3. The first-order chi connectivity index (χ1) is 14.5. The molecule has 0 heterocycles.